The van der Waals surface area contributed by atoms with Gasteiger partial charge in [-0.3, -0.25) is 0 Å². The Balaban J connectivity index is 0.00000312. The Morgan fingerprint density at radius 2 is 1.92 bits per heavy atom. The van der Waals surface area contributed by atoms with E-state index in [1.165, 1.54) is 12.8 Å². The third-order valence-corrected chi connectivity index (χ3v) is 3.93. The van der Waals surface area contributed by atoms with Crippen LogP contribution in [0.4, 0.5) is 0 Å². The quantitative estimate of drug-likeness (QED) is 0.315. The smallest absolute Gasteiger partial charge is 0.189 e. The van der Waals surface area contributed by atoms with Crippen LogP contribution in [0.25, 0.3) is 11.3 Å². The van der Waals surface area contributed by atoms with Gasteiger partial charge in [-0.25, -0.2) is 9.98 Å². The SMILES string of the molecule is CC(C)CCCC(C)NC(N)=NCc1ncc(-c2ccccc2)[nH]1.I. The standard InChI is InChI=1S/C19H29N5.HI/c1-14(2)8-7-9-15(3)23-19(20)22-13-18-21-12-17(24-18)16-10-5-4-6-11-16;/h4-6,10-12,14-15H,7-9,13H2,1-3H3,(H,21,24)(H3,20,22,23);1H. The minimum atomic E-state index is 0. The second-order valence-corrected chi connectivity index (χ2v) is 6.68. The molecule has 138 valence electrons. The Hall–Kier alpha value is -1.57. The van der Waals surface area contributed by atoms with E-state index in [2.05, 4.69) is 53.2 Å². The number of H-pyrrole nitrogens is 1. The third-order valence-electron chi connectivity index (χ3n) is 3.93. The molecule has 1 heterocycles. The first-order valence-corrected chi connectivity index (χ1v) is 8.70. The van der Waals surface area contributed by atoms with Gasteiger partial charge in [0.1, 0.15) is 12.4 Å². The van der Waals surface area contributed by atoms with Crippen LogP contribution in [0, 0.1) is 5.92 Å². The normalized spacial score (nSPS) is 12.7. The molecule has 0 saturated carbocycles. The number of imidazole rings is 1. The lowest BCUT2D eigenvalue weighted by Gasteiger charge is -2.14. The minimum Gasteiger partial charge on any atom is -0.370 e. The van der Waals surface area contributed by atoms with Crippen molar-refractivity contribution in [3.05, 3.63) is 42.4 Å². The summed E-state index contributed by atoms with van der Waals surface area (Å²) in [6.07, 6.45) is 5.39. The van der Waals surface area contributed by atoms with Crippen LogP contribution in [-0.2, 0) is 6.54 Å². The van der Waals surface area contributed by atoms with Crippen molar-refractivity contribution in [3.63, 3.8) is 0 Å². The zero-order chi connectivity index (χ0) is 17.4. The fourth-order valence-electron chi connectivity index (χ4n) is 2.57. The molecule has 0 aliphatic heterocycles. The molecule has 1 aromatic heterocycles. The summed E-state index contributed by atoms with van der Waals surface area (Å²) in [4.78, 5) is 12.0. The van der Waals surface area contributed by atoms with E-state index < -0.39 is 0 Å². The Morgan fingerprint density at radius 1 is 1.20 bits per heavy atom. The Kier molecular flexibility index (Phi) is 9.55. The van der Waals surface area contributed by atoms with E-state index in [-0.39, 0.29) is 24.0 Å². The summed E-state index contributed by atoms with van der Waals surface area (Å²) in [5.74, 6) is 2.04. The molecule has 25 heavy (non-hydrogen) atoms. The van der Waals surface area contributed by atoms with Crippen LogP contribution in [0.1, 0.15) is 45.9 Å². The van der Waals surface area contributed by atoms with Gasteiger partial charge in [0.2, 0.25) is 0 Å². The average Bonchev–Trinajstić information content (AvgIpc) is 3.02. The first-order valence-electron chi connectivity index (χ1n) is 8.70. The highest BCUT2D eigenvalue weighted by molar-refractivity contribution is 14.0. The van der Waals surface area contributed by atoms with Crippen LogP contribution in [0.15, 0.2) is 41.5 Å². The molecule has 0 aliphatic rings. The van der Waals surface area contributed by atoms with Gasteiger partial charge in [-0.05, 0) is 24.8 Å². The molecule has 6 heteroatoms. The molecule has 0 fully saturated rings. The van der Waals surface area contributed by atoms with Gasteiger partial charge in [0, 0.05) is 6.04 Å². The summed E-state index contributed by atoms with van der Waals surface area (Å²) in [6, 6.07) is 10.5. The van der Waals surface area contributed by atoms with Gasteiger partial charge in [-0.15, -0.1) is 24.0 Å². The van der Waals surface area contributed by atoms with Gasteiger partial charge in [-0.2, -0.15) is 0 Å². The number of guanidine groups is 1. The maximum absolute atomic E-state index is 5.97. The Bertz CT molecular complexity index is 636. The lowest BCUT2D eigenvalue weighted by Crippen LogP contribution is -2.38. The van der Waals surface area contributed by atoms with Crippen LogP contribution in [0.2, 0.25) is 0 Å². The average molecular weight is 455 g/mol. The molecule has 0 aliphatic carbocycles. The molecule has 2 rings (SSSR count). The number of aliphatic imine (C=N–C) groups is 1. The van der Waals surface area contributed by atoms with Crippen molar-refractivity contribution in [1.82, 2.24) is 15.3 Å². The maximum Gasteiger partial charge on any atom is 0.189 e. The van der Waals surface area contributed by atoms with Crippen LogP contribution in [0.5, 0.6) is 0 Å². The fraction of sp³-hybridized carbons (Fsp3) is 0.474. The van der Waals surface area contributed by atoms with Gasteiger partial charge in [0.25, 0.3) is 0 Å². The van der Waals surface area contributed by atoms with Crippen LogP contribution in [-0.4, -0.2) is 22.0 Å². The van der Waals surface area contributed by atoms with Crippen molar-refractivity contribution >= 4 is 29.9 Å². The number of halogens is 1. The highest BCUT2D eigenvalue weighted by Gasteiger charge is 2.05. The van der Waals surface area contributed by atoms with Gasteiger partial charge in [0.15, 0.2) is 5.96 Å². The summed E-state index contributed by atoms with van der Waals surface area (Å²) < 4.78 is 0. The summed E-state index contributed by atoms with van der Waals surface area (Å²) >= 11 is 0. The molecule has 5 nitrogen and oxygen atoms in total. The molecule has 1 atom stereocenters. The molecule has 1 unspecified atom stereocenters. The summed E-state index contributed by atoms with van der Waals surface area (Å²) in [5, 5.41) is 3.25. The van der Waals surface area contributed by atoms with Gasteiger partial charge in [-0.1, -0.05) is 57.0 Å². The molecule has 0 spiro atoms. The Labute approximate surface area is 167 Å². The van der Waals surface area contributed by atoms with Crippen molar-refractivity contribution in [2.24, 2.45) is 16.6 Å². The van der Waals surface area contributed by atoms with Crippen LogP contribution >= 0.6 is 24.0 Å². The first-order chi connectivity index (χ1) is 11.5. The molecule has 0 amide bonds. The highest BCUT2D eigenvalue weighted by atomic mass is 127. The van der Waals surface area contributed by atoms with Gasteiger partial charge < -0.3 is 16.0 Å². The molecular formula is C19H30IN5. The number of nitrogens with two attached hydrogens (primary N) is 1. The van der Waals surface area contributed by atoms with Crippen molar-refractivity contribution in [1.29, 1.82) is 0 Å². The number of benzene rings is 1. The summed E-state index contributed by atoms with van der Waals surface area (Å²) in [6.45, 7) is 7.09. The highest BCUT2D eigenvalue weighted by Crippen LogP contribution is 2.16. The number of hydrogen-bond donors (Lipinski definition) is 3. The van der Waals surface area contributed by atoms with Gasteiger partial charge in [0.05, 0.1) is 11.9 Å². The van der Waals surface area contributed by atoms with E-state index in [0.717, 1.165) is 29.4 Å². The second-order valence-electron chi connectivity index (χ2n) is 6.68. The Morgan fingerprint density at radius 3 is 2.60 bits per heavy atom. The number of hydrogen-bond acceptors (Lipinski definition) is 2. The van der Waals surface area contributed by atoms with Crippen molar-refractivity contribution in [2.75, 3.05) is 0 Å². The molecular weight excluding hydrogens is 425 g/mol. The van der Waals surface area contributed by atoms with E-state index in [1.54, 1.807) is 0 Å². The zero-order valence-electron chi connectivity index (χ0n) is 15.3. The van der Waals surface area contributed by atoms with Crippen molar-refractivity contribution in [3.8, 4) is 11.3 Å². The monoisotopic (exact) mass is 455 g/mol. The van der Waals surface area contributed by atoms with Crippen LogP contribution in [0.3, 0.4) is 0 Å². The molecule has 1 aromatic carbocycles. The van der Waals surface area contributed by atoms with Gasteiger partial charge >= 0.3 is 0 Å². The first kappa shape index (κ1) is 21.5. The fourth-order valence-corrected chi connectivity index (χ4v) is 2.57. The van der Waals surface area contributed by atoms with E-state index in [9.17, 15) is 0 Å². The second kappa shape index (κ2) is 11.1. The molecule has 0 radical (unpaired) electrons. The third kappa shape index (κ3) is 7.90. The maximum atomic E-state index is 5.97. The summed E-state index contributed by atoms with van der Waals surface area (Å²) in [7, 11) is 0. The van der Waals surface area contributed by atoms with E-state index in [1.807, 2.05) is 24.4 Å². The molecule has 2 aromatic rings. The van der Waals surface area contributed by atoms with Crippen molar-refractivity contribution < 1.29 is 0 Å². The van der Waals surface area contributed by atoms with E-state index >= 15 is 0 Å². The number of rotatable bonds is 8. The number of nitrogens with zero attached hydrogens (tertiary/aromatic N) is 2. The van der Waals surface area contributed by atoms with Crippen molar-refractivity contribution in [2.45, 2.75) is 52.6 Å². The largest absolute Gasteiger partial charge is 0.370 e. The van der Waals surface area contributed by atoms with Crippen LogP contribution < -0.4 is 11.1 Å². The predicted molar refractivity (Wildman–Crippen MR) is 116 cm³/mol. The lowest BCUT2D eigenvalue weighted by atomic mass is 10.0. The zero-order valence-corrected chi connectivity index (χ0v) is 17.7. The topological polar surface area (TPSA) is 79.1 Å². The predicted octanol–water partition coefficient (Wildman–Crippen LogP) is 4.31. The molecule has 0 saturated heterocycles. The lowest BCUT2D eigenvalue weighted by molar-refractivity contribution is 0.493. The van der Waals surface area contributed by atoms with E-state index in [0.29, 0.717) is 18.5 Å². The molecule has 0 bridgehead atoms. The minimum absolute atomic E-state index is 0. The summed E-state index contributed by atoms with van der Waals surface area (Å²) in [5.41, 5.74) is 8.08. The number of aromatic amines is 1. The number of aromatic nitrogens is 2. The molecule has 4 N–H and O–H groups in total. The number of nitrogens with one attached hydrogen (secondary N) is 2. The van der Waals surface area contributed by atoms with E-state index in [4.69, 9.17) is 5.73 Å².